The highest BCUT2D eigenvalue weighted by Gasteiger charge is 2.21. The lowest BCUT2D eigenvalue weighted by molar-refractivity contribution is 0.623. The monoisotopic (exact) mass is 652 g/mol. The van der Waals surface area contributed by atoms with Gasteiger partial charge in [-0.15, -0.1) is 0 Å². The molecule has 51 heavy (non-hydrogen) atoms. The summed E-state index contributed by atoms with van der Waals surface area (Å²) in [6, 6.07) is 58.2. The standard InChI is InChI=1S/C46H28N4O/c1-3-13-31(14-4-1)43-48-44(32-25-22-30(23-26-32)35-27-24-29-12-7-8-17-34(29)28-35)50-45(49-43)39-21-11-20-37-36-18-9-10-19-38(36)41-42(40(37)39)51-46(47-41)33-15-5-2-6-16-33/h1-28H. The van der Waals surface area contributed by atoms with Gasteiger partial charge in [0.15, 0.2) is 23.1 Å². The van der Waals surface area contributed by atoms with Crippen LogP contribution in [0.25, 0.3) is 100 Å². The maximum atomic E-state index is 6.67. The van der Waals surface area contributed by atoms with E-state index in [0.717, 1.165) is 60.4 Å². The Morgan fingerprint density at radius 2 is 0.922 bits per heavy atom. The molecule has 10 aromatic rings. The van der Waals surface area contributed by atoms with Gasteiger partial charge < -0.3 is 4.42 Å². The van der Waals surface area contributed by atoms with E-state index in [1.165, 1.54) is 10.8 Å². The molecule has 0 amide bonds. The predicted molar refractivity (Wildman–Crippen MR) is 207 cm³/mol. The molecule has 0 spiro atoms. The van der Waals surface area contributed by atoms with Crippen LogP contribution in [0.4, 0.5) is 0 Å². The van der Waals surface area contributed by atoms with Crippen molar-refractivity contribution in [1.82, 2.24) is 19.9 Å². The van der Waals surface area contributed by atoms with Crippen molar-refractivity contribution in [2.24, 2.45) is 0 Å². The average Bonchev–Trinajstić information content (AvgIpc) is 3.67. The van der Waals surface area contributed by atoms with E-state index < -0.39 is 0 Å². The third-order valence-electron chi connectivity index (χ3n) is 9.55. The summed E-state index contributed by atoms with van der Waals surface area (Å²) < 4.78 is 6.67. The van der Waals surface area contributed by atoms with E-state index >= 15 is 0 Å². The minimum atomic E-state index is 0.567. The summed E-state index contributed by atoms with van der Waals surface area (Å²) in [6.07, 6.45) is 0. The molecule has 0 bridgehead atoms. The number of oxazole rings is 1. The second kappa shape index (κ2) is 11.9. The Morgan fingerprint density at radius 3 is 1.69 bits per heavy atom. The smallest absolute Gasteiger partial charge is 0.227 e. The Labute approximate surface area is 293 Å². The van der Waals surface area contributed by atoms with E-state index in [1.807, 2.05) is 66.7 Å². The van der Waals surface area contributed by atoms with Crippen LogP contribution in [0.15, 0.2) is 174 Å². The Morgan fingerprint density at radius 1 is 0.353 bits per heavy atom. The predicted octanol–water partition coefficient (Wildman–Crippen LogP) is 11.8. The molecule has 0 aliphatic carbocycles. The molecule has 0 aliphatic rings. The zero-order valence-corrected chi connectivity index (χ0v) is 27.4. The molecule has 0 saturated carbocycles. The van der Waals surface area contributed by atoms with Crippen LogP contribution in [0.2, 0.25) is 0 Å². The summed E-state index contributed by atoms with van der Waals surface area (Å²) in [5, 5.41) is 6.54. The maximum absolute atomic E-state index is 6.67. The zero-order chi connectivity index (χ0) is 33.7. The molecule has 0 unspecified atom stereocenters. The fraction of sp³-hybridized carbons (Fsp3) is 0. The van der Waals surface area contributed by atoms with Gasteiger partial charge >= 0.3 is 0 Å². The zero-order valence-electron chi connectivity index (χ0n) is 27.4. The Hall–Kier alpha value is -6.98. The lowest BCUT2D eigenvalue weighted by Gasteiger charge is -2.12. The number of aromatic nitrogens is 4. The molecule has 10 rings (SSSR count). The fourth-order valence-electron chi connectivity index (χ4n) is 7.03. The van der Waals surface area contributed by atoms with Crippen molar-refractivity contribution in [3.63, 3.8) is 0 Å². The summed E-state index contributed by atoms with van der Waals surface area (Å²) >= 11 is 0. The van der Waals surface area contributed by atoms with E-state index in [2.05, 4.69) is 103 Å². The summed E-state index contributed by atoms with van der Waals surface area (Å²) in [7, 11) is 0. The van der Waals surface area contributed by atoms with Gasteiger partial charge in [-0.2, -0.15) is 0 Å². The molecule has 5 heteroatoms. The Bertz CT molecular complexity index is 2900. The topological polar surface area (TPSA) is 64.7 Å². The van der Waals surface area contributed by atoms with Gasteiger partial charge in [0.2, 0.25) is 5.89 Å². The first-order chi connectivity index (χ1) is 25.3. The van der Waals surface area contributed by atoms with Crippen molar-refractivity contribution in [1.29, 1.82) is 0 Å². The van der Waals surface area contributed by atoms with Gasteiger partial charge in [-0.25, -0.2) is 19.9 Å². The van der Waals surface area contributed by atoms with Crippen molar-refractivity contribution in [3.05, 3.63) is 170 Å². The van der Waals surface area contributed by atoms with Gasteiger partial charge in [-0.3, -0.25) is 0 Å². The molecular weight excluding hydrogens is 625 g/mol. The van der Waals surface area contributed by atoms with Crippen LogP contribution < -0.4 is 0 Å². The quantitative estimate of drug-likeness (QED) is 0.173. The maximum Gasteiger partial charge on any atom is 0.227 e. The van der Waals surface area contributed by atoms with E-state index in [-0.39, 0.29) is 0 Å². The second-order valence-electron chi connectivity index (χ2n) is 12.6. The molecule has 0 N–H and O–H groups in total. The molecule has 8 aromatic carbocycles. The molecule has 0 aliphatic heterocycles. The number of hydrogen-bond donors (Lipinski definition) is 0. The largest absolute Gasteiger partial charge is 0.435 e. The lowest BCUT2D eigenvalue weighted by Crippen LogP contribution is -2.00. The second-order valence-corrected chi connectivity index (χ2v) is 12.6. The van der Waals surface area contributed by atoms with Crippen LogP contribution >= 0.6 is 0 Å². The molecule has 2 heterocycles. The fourth-order valence-corrected chi connectivity index (χ4v) is 7.03. The molecule has 2 aromatic heterocycles. The van der Waals surface area contributed by atoms with Gasteiger partial charge in [0.1, 0.15) is 5.52 Å². The summed E-state index contributed by atoms with van der Waals surface area (Å²) in [6.45, 7) is 0. The minimum Gasteiger partial charge on any atom is -0.435 e. The van der Waals surface area contributed by atoms with Gasteiger partial charge in [-0.05, 0) is 50.9 Å². The van der Waals surface area contributed by atoms with Crippen LogP contribution in [0.5, 0.6) is 0 Å². The number of rotatable bonds is 5. The molecule has 5 nitrogen and oxygen atoms in total. The first-order valence-electron chi connectivity index (χ1n) is 17.0. The van der Waals surface area contributed by atoms with Crippen LogP contribution in [0, 0.1) is 0 Å². The van der Waals surface area contributed by atoms with Crippen molar-refractivity contribution >= 4 is 43.4 Å². The van der Waals surface area contributed by atoms with Crippen LogP contribution in [0.1, 0.15) is 0 Å². The van der Waals surface area contributed by atoms with E-state index in [1.54, 1.807) is 0 Å². The van der Waals surface area contributed by atoms with Crippen LogP contribution in [-0.2, 0) is 0 Å². The molecule has 238 valence electrons. The highest BCUT2D eigenvalue weighted by atomic mass is 16.3. The average molecular weight is 653 g/mol. The van der Waals surface area contributed by atoms with Crippen LogP contribution in [-0.4, -0.2) is 19.9 Å². The number of hydrogen-bond acceptors (Lipinski definition) is 5. The summed E-state index contributed by atoms with van der Waals surface area (Å²) in [5.74, 6) is 2.34. The Kier molecular flexibility index (Phi) is 6.74. The van der Waals surface area contributed by atoms with Crippen molar-refractivity contribution in [2.45, 2.75) is 0 Å². The summed E-state index contributed by atoms with van der Waals surface area (Å²) in [5.41, 5.74) is 7.41. The Balaban J connectivity index is 1.18. The first-order valence-corrected chi connectivity index (χ1v) is 17.0. The van der Waals surface area contributed by atoms with Gasteiger partial charge in [0.25, 0.3) is 0 Å². The van der Waals surface area contributed by atoms with E-state index in [9.17, 15) is 0 Å². The van der Waals surface area contributed by atoms with Gasteiger partial charge in [0, 0.05) is 33.0 Å². The SMILES string of the molecule is c1ccc(-c2nc(-c3ccc(-c4ccc5ccccc5c4)cc3)nc(-c3cccc4c5ccccc5c5nc(-c6ccccc6)oc5c34)n2)cc1. The normalized spacial score (nSPS) is 11.5. The van der Waals surface area contributed by atoms with Crippen molar-refractivity contribution in [2.75, 3.05) is 0 Å². The molecule has 0 atom stereocenters. The van der Waals surface area contributed by atoms with Crippen molar-refractivity contribution < 1.29 is 4.42 Å². The number of fused-ring (bicyclic) bond motifs is 7. The first kappa shape index (κ1) is 29.0. The van der Waals surface area contributed by atoms with Crippen molar-refractivity contribution in [3.8, 4) is 56.7 Å². The number of nitrogens with zero attached hydrogens (tertiary/aromatic N) is 4. The lowest BCUT2D eigenvalue weighted by atomic mass is 9.96. The molecule has 0 radical (unpaired) electrons. The highest BCUT2D eigenvalue weighted by molar-refractivity contribution is 6.26. The van der Waals surface area contributed by atoms with Gasteiger partial charge in [-0.1, -0.05) is 152 Å². The van der Waals surface area contributed by atoms with E-state index in [4.69, 9.17) is 24.4 Å². The van der Waals surface area contributed by atoms with E-state index in [0.29, 0.717) is 28.9 Å². The number of benzene rings is 8. The minimum absolute atomic E-state index is 0.567. The third-order valence-corrected chi connectivity index (χ3v) is 9.55. The van der Waals surface area contributed by atoms with Crippen LogP contribution in [0.3, 0.4) is 0 Å². The third kappa shape index (κ3) is 5.03. The molecule has 0 fully saturated rings. The molecule has 0 saturated heterocycles. The van der Waals surface area contributed by atoms with Gasteiger partial charge in [0.05, 0.1) is 0 Å². The highest BCUT2D eigenvalue weighted by Crippen LogP contribution is 2.41. The summed E-state index contributed by atoms with van der Waals surface area (Å²) in [4.78, 5) is 20.3. The molecular formula is C46H28N4O.